The number of hydrogen-bond donors (Lipinski definition) is 0. The maximum Gasteiger partial charge on any atom is -0.140 e. The van der Waals surface area contributed by atoms with Crippen molar-refractivity contribution < 1.29 is 0 Å². The highest BCUT2D eigenvalue weighted by atomic mass is 33.1. The molecule has 8 heteroatoms. The van der Waals surface area contributed by atoms with Crippen molar-refractivity contribution in [2.75, 3.05) is 0 Å². The van der Waals surface area contributed by atoms with Gasteiger partial charge in [-0.25, -0.2) is 0 Å². The van der Waals surface area contributed by atoms with E-state index in [9.17, 15) is 0 Å². The molecule has 0 fully saturated rings. The fraction of sp³-hybridized carbons (Fsp3) is 0. The van der Waals surface area contributed by atoms with Gasteiger partial charge in [-0.05, 0) is 0 Å². The molecule has 0 rings (SSSR count). The van der Waals surface area contributed by atoms with Crippen molar-refractivity contribution in [1.82, 2.24) is 0 Å². The highest BCUT2D eigenvalue weighted by Crippen LogP contribution is 3.00. The number of rotatable bonds is 2. The van der Waals surface area contributed by atoms with E-state index in [0.29, 0.717) is 0 Å². The van der Waals surface area contributed by atoms with Crippen LogP contribution < -0.4 is 0 Å². The minimum Gasteiger partial charge on any atom is -0.555 e. The molecule has 0 nitrogen and oxygen atoms in total. The normalized spacial score (nSPS) is 18.8. The molecule has 0 saturated heterocycles. The highest BCUT2D eigenvalue weighted by Gasteiger charge is 1.78. The average Bonchev–Trinajstić information content (AvgIpc) is 1.64. The first-order chi connectivity index (χ1) is 3.55. The van der Waals surface area contributed by atoms with Crippen LogP contribution in [0.1, 0.15) is 0 Å². The molecule has 0 aliphatic carbocycles. The fourth-order valence-electron chi connectivity index (χ4n) is 0.0964. The Morgan fingerprint density at radius 3 is 1.38 bits per heavy atom. The van der Waals surface area contributed by atoms with Gasteiger partial charge in [0.15, 0.2) is 0 Å². The summed E-state index contributed by atoms with van der Waals surface area (Å²) in [7, 11) is 16.9. The van der Waals surface area contributed by atoms with Crippen LogP contribution in [0.15, 0.2) is 0 Å². The van der Waals surface area contributed by atoms with E-state index in [0.717, 1.165) is 0 Å². The van der Waals surface area contributed by atoms with Gasteiger partial charge in [0.1, 0.15) is 0 Å². The minimum atomic E-state index is -0.152. The van der Waals surface area contributed by atoms with Crippen LogP contribution >= 0.6 is 65.6 Å². The summed E-state index contributed by atoms with van der Waals surface area (Å²) in [5.41, 5.74) is 0. The molecule has 0 aliphatic rings. The van der Waals surface area contributed by atoms with Gasteiger partial charge < -0.3 is 49.7 Å². The van der Waals surface area contributed by atoms with Gasteiger partial charge in [-0.1, -0.05) is 0 Å². The Labute approximate surface area is 65.8 Å². The van der Waals surface area contributed by atoms with Crippen LogP contribution in [-0.2, 0) is 0 Å². The van der Waals surface area contributed by atoms with Gasteiger partial charge in [-0.15, -0.1) is 8.93 Å². The number of hydrogen-bond acceptors (Lipinski definition) is 0. The van der Waals surface area contributed by atoms with Gasteiger partial charge in [-0.3, -0.25) is 6.99 Å². The van der Waals surface area contributed by atoms with Crippen LogP contribution in [0.5, 0.6) is 0 Å². The summed E-state index contributed by atoms with van der Waals surface area (Å²) in [5.74, 6) is 0. The largest absolute Gasteiger partial charge is 0.555 e. The Balaban J connectivity index is 3.46. The lowest BCUT2D eigenvalue weighted by molar-refractivity contribution is 4.79. The lowest BCUT2D eigenvalue weighted by Gasteiger charge is -2.51. The van der Waals surface area contributed by atoms with E-state index in [-0.39, 0.29) is 21.0 Å². The lowest BCUT2D eigenvalue weighted by Crippen LogP contribution is -1.27. The maximum atomic E-state index is 3.61. The topological polar surface area (TPSA) is 0 Å². The highest BCUT2D eigenvalue weighted by molar-refractivity contribution is 9.06. The predicted octanol–water partition coefficient (Wildman–Crippen LogP) is 5.28. The Kier molecular flexibility index (Phi) is 8.60. The van der Waals surface area contributed by atoms with Crippen molar-refractivity contribution in [2.24, 2.45) is 0 Å². The molecule has 0 saturated carbocycles. The van der Waals surface area contributed by atoms with Crippen molar-refractivity contribution in [3.8, 4) is 0 Å². The van der Waals surface area contributed by atoms with Crippen molar-refractivity contribution in [3.63, 3.8) is 0 Å². The van der Waals surface area contributed by atoms with Gasteiger partial charge in [0.05, 0.1) is 0 Å². The first kappa shape index (κ1) is 11.4. The summed E-state index contributed by atoms with van der Waals surface area (Å²) in [6.45, 7) is -0.281. The van der Waals surface area contributed by atoms with Crippen LogP contribution in [0.2, 0.25) is 0 Å². The summed E-state index contributed by atoms with van der Waals surface area (Å²) in [6.07, 6.45) is 0. The minimum absolute atomic E-state index is 0.0597. The van der Waals surface area contributed by atoms with Crippen molar-refractivity contribution in [3.05, 3.63) is 0 Å². The molecular formula is H6P8-4. The Bertz CT molecular complexity index is 45.1. The molecule has 0 bridgehead atoms. The van der Waals surface area contributed by atoms with E-state index in [1.807, 2.05) is 0 Å². The van der Waals surface area contributed by atoms with Crippen LogP contribution in [0, 0.1) is 0 Å². The Morgan fingerprint density at radius 2 is 1.38 bits per heavy atom. The van der Waals surface area contributed by atoms with Crippen LogP contribution in [0.3, 0.4) is 0 Å². The molecule has 0 spiro atoms. The molecular weight excluding hydrogens is 248 g/mol. The van der Waals surface area contributed by atoms with E-state index in [1.165, 1.54) is 0 Å². The third-order valence-corrected chi connectivity index (χ3v) is 31.9. The second kappa shape index (κ2) is 6.01. The van der Waals surface area contributed by atoms with E-state index >= 15 is 0 Å². The third-order valence-electron chi connectivity index (χ3n) is 0.394. The van der Waals surface area contributed by atoms with Crippen molar-refractivity contribution in [2.45, 2.75) is 0 Å². The van der Waals surface area contributed by atoms with Gasteiger partial charge in [0, 0.05) is 0 Å². The average molecular weight is 254 g/mol. The van der Waals surface area contributed by atoms with Crippen LogP contribution in [0.4, 0.5) is 0 Å². The maximum absolute atomic E-state index is 3.61. The summed E-state index contributed by atoms with van der Waals surface area (Å²) >= 11 is 0. The van der Waals surface area contributed by atoms with Crippen molar-refractivity contribution in [1.29, 1.82) is 0 Å². The van der Waals surface area contributed by atoms with Gasteiger partial charge in [-0.2, -0.15) is 0 Å². The SMILES string of the molecule is [PH-]P([PH-])P([PH-])P([PH-])P. The first-order valence-electron chi connectivity index (χ1n) is 1.55. The summed E-state index contributed by atoms with van der Waals surface area (Å²) < 4.78 is 0. The zero-order chi connectivity index (χ0) is 6.73. The molecule has 0 heterocycles. The molecule has 0 aromatic heterocycles. The van der Waals surface area contributed by atoms with Gasteiger partial charge in [0.2, 0.25) is 0 Å². The third kappa shape index (κ3) is 5.14. The van der Waals surface area contributed by atoms with Gasteiger partial charge >= 0.3 is 0 Å². The summed E-state index contributed by atoms with van der Waals surface area (Å²) in [5, 5.41) is 0. The second-order valence-electron chi connectivity index (χ2n) is 0.946. The van der Waals surface area contributed by atoms with Crippen molar-refractivity contribution >= 4 is 65.6 Å². The second-order valence-corrected chi connectivity index (χ2v) is 25.5. The molecule has 50 valence electrons. The molecule has 0 aromatic rings. The monoisotopic (exact) mass is 254 g/mol. The molecule has 0 aliphatic heterocycles. The van der Waals surface area contributed by atoms with Crippen LogP contribution in [-0.4, -0.2) is 0 Å². The first-order valence-corrected chi connectivity index (χ1v) is 14.0. The Morgan fingerprint density at radius 1 is 1.00 bits per heavy atom. The quantitative estimate of drug-likeness (QED) is 0.587. The fourth-order valence-corrected chi connectivity index (χ4v) is 23.4. The smallest absolute Gasteiger partial charge is 0.140 e. The standard InChI is InChI=1S/H6P8/c1-6(2)8(5)7(3)4/h1-3,5H,4H2/q-4. The zero-order valence-electron chi connectivity index (χ0n) is 3.92. The van der Waals surface area contributed by atoms with E-state index in [4.69, 9.17) is 0 Å². The summed E-state index contributed by atoms with van der Waals surface area (Å²) in [6, 6.07) is 0. The lowest BCUT2D eigenvalue weighted by atomic mass is 28.8. The van der Waals surface area contributed by atoms with E-state index in [1.54, 1.807) is 0 Å². The van der Waals surface area contributed by atoms with Gasteiger partial charge in [0.25, 0.3) is 0 Å². The van der Waals surface area contributed by atoms with Crippen LogP contribution in [0.25, 0.3) is 0 Å². The molecule has 3 unspecified atom stereocenters. The molecule has 0 radical (unpaired) electrons. The zero-order valence-corrected chi connectivity index (χ0v) is 11.8. The molecule has 0 N–H and O–H groups in total. The van der Waals surface area contributed by atoms with E-state index in [2.05, 4.69) is 44.6 Å². The molecule has 0 aromatic carbocycles. The molecule has 3 atom stereocenters. The molecule has 8 heavy (non-hydrogen) atoms. The Hall–Kier alpha value is 3.44. The summed E-state index contributed by atoms with van der Waals surface area (Å²) in [4.78, 5) is 0. The van der Waals surface area contributed by atoms with E-state index < -0.39 is 0 Å². The predicted molar refractivity (Wildman–Crippen MR) is 63.7 cm³/mol. The molecule has 0 amide bonds.